The number of Topliss-reactive ketones (excluding diaryl/α,β-unsaturated/α-hetero) is 1. The van der Waals surface area contributed by atoms with Crippen LogP contribution in [0.1, 0.15) is 57.6 Å². The Labute approximate surface area is 220 Å². The number of para-hydroxylation sites is 1. The first kappa shape index (κ1) is 26.0. The maximum Gasteiger partial charge on any atom is 0.336 e. The molecule has 1 heterocycles. The average molecular weight is 554 g/mol. The molecule has 6 nitrogen and oxygen atoms in total. The van der Waals surface area contributed by atoms with Crippen LogP contribution in [0.25, 0.3) is 0 Å². The first-order valence-electron chi connectivity index (χ1n) is 12.1. The van der Waals surface area contributed by atoms with Crippen LogP contribution in [0.15, 0.2) is 69.5 Å². The highest BCUT2D eigenvalue weighted by molar-refractivity contribution is 9.10. The molecule has 2 aromatic carbocycles. The first-order chi connectivity index (χ1) is 17.1. The summed E-state index contributed by atoms with van der Waals surface area (Å²) < 4.78 is 18.0. The minimum absolute atomic E-state index is 0.0508. The summed E-state index contributed by atoms with van der Waals surface area (Å²) in [5.74, 6) is 0.485. The molecule has 1 aliphatic heterocycles. The number of dihydropyridines is 1. The van der Waals surface area contributed by atoms with E-state index in [1.807, 2.05) is 49.4 Å². The van der Waals surface area contributed by atoms with Crippen molar-refractivity contribution in [3.63, 3.8) is 0 Å². The monoisotopic (exact) mass is 553 g/mol. The van der Waals surface area contributed by atoms with Crippen molar-refractivity contribution >= 4 is 27.7 Å². The van der Waals surface area contributed by atoms with E-state index in [1.165, 1.54) is 0 Å². The normalized spacial score (nSPS) is 18.9. The maximum absolute atomic E-state index is 13.5. The molecule has 2 aliphatic rings. The van der Waals surface area contributed by atoms with E-state index < -0.39 is 11.9 Å². The topological polar surface area (TPSA) is 73.9 Å². The van der Waals surface area contributed by atoms with Gasteiger partial charge in [-0.15, -0.1) is 0 Å². The number of esters is 1. The van der Waals surface area contributed by atoms with Crippen molar-refractivity contribution in [2.75, 3.05) is 13.7 Å². The van der Waals surface area contributed by atoms with E-state index in [4.69, 9.17) is 14.2 Å². The van der Waals surface area contributed by atoms with Crippen molar-refractivity contribution in [3.05, 3.63) is 80.6 Å². The lowest BCUT2D eigenvalue weighted by molar-refractivity contribution is -0.138. The Hall–Kier alpha value is -3.06. The van der Waals surface area contributed by atoms with Crippen LogP contribution >= 0.6 is 15.9 Å². The lowest BCUT2D eigenvalue weighted by atomic mass is 9.68. The lowest BCUT2D eigenvalue weighted by Gasteiger charge is -2.39. The SMILES string of the molecule is CCOC(=O)C1=C(C)NC2=C(C(=O)CC(C)(C)C2)[C@@H]1c1ccc(OC)c(COc2ccccc2Br)c1. The molecule has 0 unspecified atom stereocenters. The van der Waals surface area contributed by atoms with Crippen LogP contribution in [-0.2, 0) is 20.9 Å². The Morgan fingerprint density at radius 3 is 2.58 bits per heavy atom. The summed E-state index contributed by atoms with van der Waals surface area (Å²) >= 11 is 3.52. The molecular formula is C29H32BrNO5. The largest absolute Gasteiger partial charge is 0.496 e. The second kappa shape index (κ2) is 10.5. The number of methoxy groups -OCH3 is 1. The summed E-state index contributed by atoms with van der Waals surface area (Å²) in [6, 6.07) is 13.4. The summed E-state index contributed by atoms with van der Waals surface area (Å²) in [5.41, 5.74) is 4.19. The Bertz CT molecular complexity index is 1260. The summed E-state index contributed by atoms with van der Waals surface area (Å²) in [7, 11) is 1.61. The Morgan fingerprint density at radius 2 is 1.89 bits per heavy atom. The van der Waals surface area contributed by atoms with Gasteiger partial charge in [-0.1, -0.05) is 32.0 Å². The van der Waals surface area contributed by atoms with Crippen molar-refractivity contribution in [1.29, 1.82) is 0 Å². The van der Waals surface area contributed by atoms with Gasteiger partial charge in [0.2, 0.25) is 0 Å². The summed E-state index contributed by atoms with van der Waals surface area (Å²) in [5, 5.41) is 3.37. The number of benzene rings is 2. The molecule has 0 saturated heterocycles. The van der Waals surface area contributed by atoms with Crippen LogP contribution in [0.2, 0.25) is 0 Å². The predicted octanol–water partition coefficient (Wildman–Crippen LogP) is 6.20. The van der Waals surface area contributed by atoms with Crippen LogP contribution in [-0.4, -0.2) is 25.5 Å². The van der Waals surface area contributed by atoms with Gasteiger partial charge >= 0.3 is 5.97 Å². The van der Waals surface area contributed by atoms with Gasteiger partial charge in [-0.2, -0.15) is 0 Å². The van der Waals surface area contributed by atoms with E-state index in [0.29, 0.717) is 34.8 Å². The molecule has 7 heteroatoms. The van der Waals surface area contributed by atoms with E-state index in [1.54, 1.807) is 14.0 Å². The molecule has 1 atom stereocenters. The Morgan fingerprint density at radius 1 is 1.14 bits per heavy atom. The third-order valence-corrected chi connectivity index (χ3v) is 7.25. The third-order valence-electron chi connectivity index (χ3n) is 6.59. The number of hydrogen-bond donors (Lipinski definition) is 1. The highest BCUT2D eigenvalue weighted by Gasteiger charge is 2.43. The van der Waals surface area contributed by atoms with Crippen molar-refractivity contribution in [3.8, 4) is 11.5 Å². The fraction of sp³-hybridized carbons (Fsp3) is 0.379. The Balaban J connectivity index is 1.80. The predicted molar refractivity (Wildman–Crippen MR) is 142 cm³/mol. The van der Waals surface area contributed by atoms with Gasteiger partial charge in [0.05, 0.1) is 23.8 Å². The number of ether oxygens (including phenoxy) is 3. The first-order valence-corrected chi connectivity index (χ1v) is 12.9. The van der Waals surface area contributed by atoms with E-state index in [0.717, 1.165) is 27.7 Å². The number of hydrogen-bond acceptors (Lipinski definition) is 6. The fourth-order valence-corrected chi connectivity index (χ4v) is 5.46. The maximum atomic E-state index is 13.5. The molecule has 0 fully saturated rings. The second-order valence-corrected chi connectivity index (χ2v) is 10.8. The van der Waals surface area contributed by atoms with Crippen LogP contribution < -0.4 is 14.8 Å². The van der Waals surface area contributed by atoms with Crippen LogP contribution in [0.5, 0.6) is 11.5 Å². The summed E-state index contributed by atoms with van der Waals surface area (Å²) in [6.07, 6.45) is 1.15. The van der Waals surface area contributed by atoms with Crippen molar-refractivity contribution in [1.82, 2.24) is 5.32 Å². The van der Waals surface area contributed by atoms with E-state index in [-0.39, 0.29) is 24.4 Å². The number of rotatable bonds is 7. The van der Waals surface area contributed by atoms with Gasteiger partial charge in [0, 0.05) is 34.9 Å². The number of nitrogens with one attached hydrogen (secondary N) is 1. The van der Waals surface area contributed by atoms with Crippen molar-refractivity contribution in [2.24, 2.45) is 5.41 Å². The Kier molecular flexibility index (Phi) is 7.59. The van der Waals surface area contributed by atoms with E-state index >= 15 is 0 Å². The zero-order chi connectivity index (χ0) is 26.0. The number of carbonyl (C=O) groups excluding carboxylic acids is 2. The quantitative estimate of drug-likeness (QED) is 0.411. The van der Waals surface area contributed by atoms with Gasteiger partial charge in [0.25, 0.3) is 0 Å². The highest BCUT2D eigenvalue weighted by atomic mass is 79.9. The molecule has 0 amide bonds. The number of ketones is 1. The zero-order valence-corrected chi connectivity index (χ0v) is 23.0. The number of halogens is 1. The molecule has 0 spiro atoms. The third kappa shape index (κ3) is 5.21. The van der Waals surface area contributed by atoms with Crippen LogP contribution in [0, 0.1) is 5.41 Å². The van der Waals surface area contributed by atoms with Gasteiger partial charge in [0.15, 0.2) is 5.78 Å². The van der Waals surface area contributed by atoms with Gasteiger partial charge in [-0.3, -0.25) is 4.79 Å². The molecule has 190 valence electrons. The highest BCUT2D eigenvalue weighted by Crippen LogP contribution is 2.47. The lowest BCUT2D eigenvalue weighted by Crippen LogP contribution is -2.38. The molecule has 2 aromatic rings. The minimum atomic E-state index is -0.531. The molecule has 1 N–H and O–H groups in total. The van der Waals surface area contributed by atoms with Gasteiger partial charge in [-0.25, -0.2) is 4.79 Å². The van der Waals surface area contributed by atoms with Crippen LogP contribution in [0.4, 0.5) is 0 Å². The van der Waals surface area contributed by atoms with Gasteiger partial charge < -0.3 is 19.5 Å². The minimum Gasteiger partial charge on any atom is -0.496 e. The van der Waals surface area contributed by atoms with E-state index in [9.17, 15) is 9.59 Å². The zero-order valence-electron chi connectivity index (χ0n) is 21.4. The smallest absolute Gasteiger partial charge is 0.336 e. The molecule has 36 heavy (non-hydrogen) atoms. The summed E-state index contributed by atoms with van der Waals surface area (Å²) in [6.45, 7) is 8.35. The average Bonchev–Trinajstić information content (AvgIpc) is 2.81. The van der Waals surface area contributed by atoms with Crippen molar-refractivity contribution < 1.29 is 23.8 Å². The molecular weight excluding hydrogens is 522 g/mol. The molecule has 0 bridgehead atoms. The number of allylic oxidation sites excluding steroid dienone is 3. The summed E-state index contributed by atoms with van der Waals surface area (Å²) in [4.78, 5) is 26.6. The molecule has 0 radical (unpaired) electrons. The van der Waals surface area contributed by atoms with Crippen LogP contribution in [0.3, 0.4) is 0 Å². The molecule has 4 rings (SSSR count). The molecule has 1 aliphatic carbocycles. The van der Waals surface area contributed by atoms with Gasteiger partial charge in [0.1, 0.15) is 18.1 Å². The van der Waals surface area contributed by atoms with Gasteiger partial charge in [-0.05, 0) is 71.4 Å². The molecule has 0 saturated carbocycles. The second-order valence-electron chi connectivity index (χ2n) is 9.94. The fourth-order valence-electron chi connectivity index (χ4n) is 5.06. The molecule has 0 aromatic heterocycles. The number of carbonyl (C=O) groups is 2. The standard InChI is InChI=1S/C29H32BrNO5/c1-6-35-28(33)25-17(2)31-21-14-29(3,4)15-22(32)27(21)26(25)18-11-12-23(34-5)19(13-18)16-36-24-10-8-7-9-20(24)30/h7-13,26,31H,6,14-16H2,1-5H3/t26-/m1/s1. The van der Waals surface area contributed by atoms with E-state index in [2.05, 4.69) is 35.1 Å². The van der Waals surface area contributed by atoms with Crippen molar-refractivity contribution in [2.45, 2.75) is 53.1 Å².